The highest BCUT2D eigenvalue weighted by Crippen LogP contribution is 2.26. The summed E-state index contributed by atoms with van der Waals surface area (Å²) in [4.78, 5) is 25.8. The lowest BCUT2D eigenvalue weighted by atomic mass is 10.2. The molecule has 0 spiro atoms. The number of azo groups is 1. The summed E-state index contributed by atoms with van der Waals surface area (Å²) in [6.45, 7) is 4.97. The number of carbonyl (C=O) groups excluding carboxylic acids is 2. The van der Waals surface area contributed by atoms with Crippen LogP contribution in [0.1, 0.15) is 34.6 Å². The number of amides is 2. The van der Waals surface area contributed by atoms with Crippen LogP contribution >= 0.6 is 0 Å². The fourth-order valence-electron chi connectivity index (χ4n) is 3.28. The number of nitrogens with two attached hydrogens (primary N) is 1. The molecular weight excluding hydrogens is 412 g/mol. The van der Waals surface area contributed by atoms with E-state index < -0.39 is 5.91 Å². The van der Waals surface area contributed by atoms with E-state index in [4.69, 9.17) is 5.73 Å². The van der Waals surface area contributed by atoms with Crippen LogP contribution in [-0.2, 0) is 0 Å². The number of primary amides is 1. The van der Waals surface area contributed by atoms with Crippen LogP contribution < -0.4 is 5.73 Å². The number of phenols is 1. The zero-order valence-electron chi connectivity index (χ0n) is 17.4. The van der Waals surface area contributed by atoms with Crippen LogP contribution in [0, 0.1) is 0 Å². The molecule has 162 valence electrons. The summed E-state index contributed by atoms with van der Waals surface area (Å²) in [5.74, 6) is -1.15. The van der Waals surface area contributed by atoms with Crippen molar-refractivity contribution < 1.29 is 14.7 Å². The number of hydrogen-bond donors (Lipinski definition) is 2. The van der Waals surface area contributed by atoms with E-state index in [1.807, 2.05) is 13.8 Å². The zero-order chi connectivity index (χ0) is 22.8. The maximum Gasteiger partial charge on any atom is 0.259 e. The normalized spacial score (nSPS) is 11.4. The maximum atomic E-state index is 12.8. The Hall–Kier alpha value is -4.41. The van der Waals surface area contributed by atoms with E-state index in [1.54, 1.807) is 27.6 Å². The molecule has 4 rings (SSSR count). The lowest BCUT2D eigenvalue weighted by molar-refractivity contribution is 0.0774. The quantitative estimate of drug-likeness (QED) is 0.447. The summed E-state index contributed by atoms with van der Waals surface area (Å²) < 4.78 is 1.55. The van der Waals surface area contributed by atoms with Crippen LogP contribution in [0.2, 0.25) is 0 Å². The fourth-order valence-corrected chi connectivity index (χ4v) is 3.28. The summed E-state index contributed by atoms with van der Waals surface area (Å²) in [7, 11) is 0. The molecule has 0 aliphatic carbocycles. The van der Waals surface area contributed by atoms with E-state index in [9.17, 15) is 14.7 Å². The lowest BCUT2D eigenvalue weighted by Gasteiger charge is -2.17. The van der Waals surface area contributed by atoms with Gasteiger partial charge in [-0.25, -0.2) is 4.52 Å². The average molecular weight is 432 g/mol. The maximum absolute atomic E-state index is 12.8. The van der Waals surface area contributed by atoms with Crippen molar-refractivity contribution in [2.24, 2.45) is 16.0 Å². The first kappa shape index (κ1) is 20.8. The van der Waals surface area contributed by atoms with Crippen LogP contribution in [-0.4, -0.2) is 54.7 Å². The van der Waals surface area contributed by atoms with Gasteiger partial charge >= 0.3 is 0 Å². The monoisotopic (exact) mass is 432 g/mol. The van der Waals surface area contributed by atoms with Gasteiger partial charge < -0.3 is 15.7 Å². The third-order valence-electron chi connectivity index (χ3n) is 4.99. The molecule has 0 aliphatic heterocycles. The van der Waals surface area contributed by atoms with Crippen molar-refractivity contribution in [3.63, 3.8) is 0 Å². The molecule has 2 heterocycles. The first-order valence-corrected chi connectivity index (χ1v) is 9.91. The first-order valence-electron chi connectivity index (χ1n) is 9.91. The largest absolute Gasteiger partial charge is 0.507 e. The molecule has 2 amide bonds. The smallest absolute Gasteiger partial charge is 0.259 e. The number of hydrogen-bond acceptors (Lipinski definition) is 8. The predicted molar refractivity (Wildman–Crippen MR) is 116 cm³/mol. The van der Waals surface area contributed by atoms with Gasteiger partial charge in [0.1, 0.15) is 16.8 Å². The minimum absolute atomic E-state index is 0.0427. The van der Waals surface area contributed by atoms with Gasteiger partial charge in [0.15, 0.2) is 5.65 Å². The molecule has 2 aromatic carbocycles. The molecule has 0 aliphatic rings. The van der Waals surface area contributed by atoms with Crippen LogP contribution in [0.5, 0.6) is 5.75 Å². The summed E-state index contributed by atoms with van der Waals surface area (Å²) in [5.41, 5.74) is 7.95. The van der Waals surface area contributed by atoms with Crippen molar-refractivity contribution in [3.05, 3.63) is 53.7 Å². The van der Waals surface area contributed by atoms with Crippen LogP contribution in [0.3, 0.4) is 0 Å². The van der Waals surface area contributed by atoms with E-state index in [2.05, 4.69) is 25.5 Å². The molecule has 11 nitrogen and oxygen atoms in total. The zero-order valence-corrected chi connectivity index (χ0v) is 17.4. The molecule has 0 saturated heterocycles. The number of rotatable bonds is 6. The summed E-state index contributed by atoms with van der Waals surface area (Å²) >= 11 is 0. The fraction of sp³-hybridized carbons (Fsp3) is 0.190. The summed E-state index contributed by atoms with van der Waals surface area (Å²) in [5, 5.41) is 30.7. The van der Waals surface area contributed by atoms with Gasteiger partial charge in [-0.3, -0.25) is 9.59 Å². The van der Waals surface area contributed by atoms with Crippen LogP contribution in [0.15, 0.2) is 52.8 Å². The summed E-state index contributed by atoms with van der Waals surface area (Å²) in [6, 6.07) is 9.32. The Labute approximate surface area is 182 Å². The lowest BCUT2D eigenvalue weighted by Crippen LogP contribution is -2.30. The number of benzene rings is 2. The third kappa shape index (κ3) is 3.71. The molecule has 0 bridgehead atoms. The first-order chi connectivity index (χ1) is 15.4. The van der Waals surface area contributed by atoms with Gasteiger partial charge in [-0.15, -0.1) is 10.2 Å². The Balaban J connectivity index is 1.73. The number of nitrogens with zero attached hydrogens (tertiary/aromatic N) is 7. The number of aromatic hydroxyl groups is 1. The third-order valence-corrected chi connectivity index (χ3v) is 4.99. The van der Waals surface area contributed by atoms with E-state index in [-0.39, 0.29) is 17.2 Å². The molecule has 0 fully saturated rings. The Morgan fingerprint density at radius 1 is 1.03 bits per heavy atom. The topological polar surface area (TPSA) is 151 Å². The van der Waals surface area contributed by atoms with Gasteiger partial charge in [0.05, 0.1) is 28.7 Å². The van der Waals surface area contributed by atoms with Gasteiger partial charge in [0.25, 0.3) is 11.8 Å². The minimum Gasteiger partial charge on any atom is -0.507 e. The second-order valence-electron chi connectivity index (χ2n) is 6.91. The Morgan fingerprint density at radius 2 is 1.72 bits per heavy atom. The molecule has 11 heteroatoms. The summed E-state index contributed by atoms with van der Waals surface area (Å²) in [6.07, 6.45) is 1.49. The minimum atomic E-state index is -0.764. The van der Waals surface area contributed by atoms with Gasteiger partial charge in [-0.2, -0.15) is 15.3 Å². The molecule has 3 N–H and O–H groups in total. The molecular formula is C21H20N8O3. The highest BCUT2D eigenvalue weighted by molar-refractivity contribution is 6.00. The van der Waals surface area contributed by atoms with Gasteiger partial charge in [-0.1, -0.05) is 0 Å². The molecule has 0 saturated carbocycles. The van der Waals surface area contributed by atoms with Gasteiger partial charge in [0, 0.05) is 13.1 Å². The molecule has 0 atom stereocenters. The molecule has 0 radical (unpaired) electrons. The van der Waals surface area contributed by atoms with Crippen molar-refractivity contribution in [1.29, 1.82) is 0 Å². The van der Waals surface area contributed by atoms with Crippen molar-refractivity contribution in [3.8, 4) is 5.75 Å². The van der Waals surface area contributed by atoms with Gasteiger partial charge in [-0.05, 0) is 50.2 Å². The average Bonchev–Trinajstić information content (AvgIpc) is 3.23. The van der Waals surface area contributed by atoms with E-state index in [1.165, 1.54) is 24.4 Å². The van der Waals surface area contributed by atoms with E-state index in [0.29, 0.717) is 46.7 Å². The molecule has 4 aromatic rings. The molecule has 2 aromatic heterocycles. The van der Waals surface area contributed by atoms with Crippen molar-refractivity contribution in [2.45, 2.75) is 13.8 Å². The predicted octanol–water partition coefficient (Wildman–Crippen LogP) is 2.98. The Bertz CT molecular complexity index is 1370. The Kier molecular flexibility index (Phi) is 5.46. The molecule has 0 unspecified atom stereocenters. The van der Waals surface area contributed by atoms with E-state index in [0.717, 1.165) is 0 Å². The SMILES string of the molecule is CCN(CC)C(=O)c1cnn2c1nnc1ccc(/N=N/c3ccc(O)c(C(N)=O)c3)cc12. The highest BCUT2D eigenvalue weighted by atomic mass is 16.3. The number of carbonyl (C=O) groups is 2. The van der Waals surface area contributed by atoms with Crippen LogP contribution in [0.25, 0.3) is 16.7 Å². The number of aromatic nitrogens is 4. The highest BCUT2D eigenvalue weighted by Gasteiger charge is 2.20. The number of fused-ring (bicyclic) bond motifs is 3. The Morgan fingerprint density at radius 3 is 2.41 bits per heavy atom. The van der Waals surface area contributed by atoms with E-state index >= 15 is 0 Å². The van der Waals surface area contributed by atoms with Crippen molar-refractivity contribution in [2.75, 3.05) is 13.1 Å². The van der Waals surface area contributed by atoms with Gasteiger partial charge in [0.2, 0.25) is 0 Å². The van der Waals surface area contributed by atoms with Crippen LogP contribution in [0.4, 0.5) is 11.4 Å². The second-order valence-corrected chi connectivity index (χ2v) is 6.91. The van der Waals surface area contributed by atoms with Crippen molar-refractivity contribution in [1.82, 2.24) is 24.7 Å². The second kappa shape index (κ2) is 8.38. The standard InChI is InChI=1S/C21H20N8O3/c1-3-28(4-2)21(32)15-11-23-29-17-10-13(5-7-16(17)26-27-20(15)29)25-24-12-6-8-18(30)14(9-12)19(22)31/h5-11,30H,3-4H2,1-2H3,(H2,22,31)/b25-24+. The molecule has 32 heavy (non-hydrogen) atoms. The van der Waals surface area contributed by atoms with Crippen molar-refractivity contribution >= 4 is 39.9 Å².